The highest BCUT2D eigenvalue weighted by Crippen LogP contribution is 2.15. The van der Waals surface area contributed by atoms with Gasteiger partial charge in [-0.25, -0.2) is 4.68 Å². The molecule has 0 bridgehead atoms. The van der Waals surface area contributed by atoms with Gasteiger partial charge >= 0.3 is 0 Å². The largest absolute Gasteiger partial charge is 0.394 e. The molecule has 1 aromatic rings. The highest BCUT2D eigenvalue weighted by Gasteiger charge is 2.09. The first-order valence-electron chi connectivity index (χ1n) is 6.81. The van der Waals surface area contributed by atoms with E-state index in [1.54, 1.807) is 6.20 Å². The Bertz CT molecular complexity index is 478. The molecule has 0 aromatic carbocycles. The number of aromatic nitrogens is 2. The van der Waals surface area contributed by atoms with Crippen LogP contribution in [0.15, 0.2) is 15.5 Å². The maximum Gasteiger partial charge on any atom is 0.283 e. The van der Waals surface area contributed by atoms with E-state index < -0.39 is 0 Å². The van der Waals surface area contributed by atoms with Crippen molar-refractivity contribution in [2.24, 2.45) is 0 Å². The van der Waals surface area contributed by atoms with Gasteiger partial charge in [-0.05, 0) is 36.3 Å². The molecule has 0 radical (unpaired) electrons. The van der Waals surface area contributed by atoms with Crippen molar-refractivity contribution in [3.8, 4) is 0 Å². The Labute approximate surface area is 127 Å². The highest BCUT2D eigenvalue weighted by molar-refractivity contribution is 9.10. The number of nitrogens with zero attached hydrogens (tertiary/aromatic N) is 3. The average Bonchev–Trinajstić information content (AvgIpc) is 2.45. The van der Waals surface area contributed by atoms with Gasteiger partial charge in [0.1, 0.15) is 4.47 Å². The molecule has 0 saturated heterocycles. The quantitative estimate of drug-likeness (QED) is 0.738. The Balaban J connectivity index is 2.61. The molecule has 1 rings (SSSR count). The molecule has 0 aliphatic carbocycles. The maximum absolute atomic E-state index is 11.9. The second kappa shape index (κ2) is 8.39. The molecule has 6 nitrogen and oxygen atoms in total. The number of nitrogens with one attached hydrogen (secondary N) is 1. The summed E-state index contributed by atoms with van der Waals surface area (Å²) in [5.41, 5.74) is 0.445. The molecule has 0 spiro atoms. The molecule has 2 N–H and O–H groups in total. The summed E-state index contributed by atoms with van der Waals surface area (Å²) >= 11 is 3.28. The van der Waals surface area contributed by atoms with Crippen molar-refractivity contribution in [3.63, 3.8) is 0 Å². The van der Waals surface area contributed by atoms with Crippen molar-refractivity contribution < 1.29 is 5.11 Å². The molecule has 0 aliphatic rings. The second-order valence-corrected chi connectivity index (χ2v) is 5.58. The van der Waals surface area contributed by atoms with Gasteiger partial charge in [0.05, 0.1) is 25.0 Å². The molecule has 1 unspecified atom stereocenters. The van der Waals surface area contributed by atoms with E-state index in [1.165, 1.54) is 4.68 Å². The molecular weight excluding hydrogens is 324 g/mol. The van der Waals surface area contributed by atoms with Crippen LogP contribution < -0.4 is 10.9 Å². The summed E-state index contributed by atoms with van der Waals surface area (Å²) in [5.74, 6) is 0. The number of halogens is 1. The van der Waals surface area contributed by atoms with E-state index in [2.05, 4.69) is 52.1 Å². The number of aliphatic hydroxyl groups excluding tert-OH is 1. The first kappa shape index (κ1) is 17.1. The highest BCUT2D eigenvalue weighted by atomic mass is 79.9. The lowest BCUT2D eigenvalue weighted by Gasteiger charge is -2.23. The van der Waals surface area contributed by atoms with Gasteiger partial charge < -0.3 is 15.3 Å². The Morgan fingerprint density at radius 2 is 2.30 bits per heavy atom. The molecule has 1 heterocycles. The minimum atomic E-state index is -0.237. The monoisotopic (exact) mass is 346 g/mol. The summed E-state index contributed by atoms with van der Waals surface area (Å²) in [5, 5.41) is 16.1. The normalized spacial score (nSPS) is 12.7. The SMILES string of the molecule is CCC(C)N(C)CCNc1cnn(CCO)c(=O)c1Br. The molecular formula is C13H23BrN4O2. The lowest BCUT2D eigenvalue weighted by molar-refractivity contribution is 0.261. The van der Waals surface area contributed by atoms with Gasteiger partial charge in [-0.1, -0.05) is 6.92 Å². The Morgan fingerprint density at radius 3 is 2.90 bits per heavy atom. The van der Waals surface area contributed by atoms with Crippen molar-refractivity contribution in [1.29, 1.82) is 0 Å². The van der Waals surface area contributed by atoms with Crippen LogP contribution in [0.4, 0.5) is 5.69 Å². The second-order valence-electron chi connectivity index (χ2n) is 4.79. The standard InChI is InChI=1S/C13H23BrN4O2/c1-4-10(2)17(3)6-5-15-11-9-16-18(7-8-19)13(20)12(11)14/h9-10,15,19H,4-8H2,1-3H3. The maximum atomic E-state index is 11.9. The van der Waals surface area contributed by atoms with Crippen LogP contribution in [-0.4, -0.2) is 52.6 Å². The first-order valence-corrected chi connectivity index (χ1v) is 7.61. The van der Waals surface area contributed by atoms with Crippen LogP contribution >= 0.6 is 15.9 Å². The van der Waals surface area contributed by atoms with Gasteiger partial charge in [0.25, 0.3) is 5.56 Å². The fourth-order valence-electron chi connectivity index (χ4n) is 1.74. The Kier molecular flexibility index (Phi) is 7.18. The lowest BCUT2D eigenvalue weighted by Crippen LogP contribution is -2.33. The van der Waals surface area contributed by atoms with Crippen LogP contribution in [0.3, 0.4) is 0 Å². The average molecular weight is 347 g/mol. The van der Waals surface area contributed by atoms with Crippen LogP contribution in [0.2, 0.25) is 0 Å². The molecule has 0 aliphatic heterocycles. The van der Waals surface area contributed by atoms with Gasteiger partial charge in [-0.2, -0.15) is 5.10 Å². The molecule has 114 valence electrons. The number of hydrogen-bond donors (Lipinski definition) is 2. The van der Waals surface area contributed by atoms with Crippen molar-refractivity contribution in [3.05, 3.63) is 21.0 Å². The van der Waals surface area contributed by atoms with E-state index in [-0.39, 0.29) is 18.7 Å². The van der Waals surface area contributed by atoms with Gasteiger partial charge in [0.2, 0.25) is 0 Å². The first-order chi connectivity index (χ1) is 9.51. The van der Waals surface area contributed by atoms with Gasteiger partial charge in [0, 0.05) is 19.1 Å². The zero-order chi connectivity index (χ0) is 15.1. The predicted octanol–water partition coefficient (Wildman–Crippen LogP) is 1.14. The third-order valence-corrected chi connectivity index (χ3v) is 4.19. The number of hydrogen-bond acceptors (Lipinski definition) is 5. The number of aliphatic hydroxyl groups is 1. The topological polar surface area (TPSA) is 70.4 Å². The van der Waals surface area contributed by atoms with Crippen molar-refractivity contribution in [2.45, 2.75) is 32.9 Å². The minimum absolute atomic E-state index is 0.105. The van der Waals surface area contributed by atoms with E-state index in [0.29, 0.717) is 16.2 Å². The summed E-state index contributed by atoms with van der Waals surface area (Å²) in [6.07, 6.45) is 2.71. The molecule has 0 fully saturated rings. The summed E-state index contributed by atoms with van der Waals surface area (Å²) < 4.78 is 1.69. The smallest absolute Gasteiger partial charge is 0.283 e. The Morgan fingerprint density at radius 1 is 1.60 bits per heavy atom. The van der Waals surface area contributed by atoms with Gasteiger partial charge in [-0.3, -0.25) is 4.79 Å². The van der Waals surface area contributed by atoms with Crippen molar-refractivity contribution in [1.82, 2.24) is 14.7 Å². The van der Waals surface area contributed by atoms with E-state index in [4.69, 9.17) is 5.11 Å². The number of anilines is 1. The third kappa shape index (κ3) is 4.57. The van der Waals surface area contributed by atoms with Crippen LogP contribution in [0, 0.1) is 0 Å². The summed E-state index contributed by atoms with van der Waals surface area (Å²) in [6, 6.07) is 0.538. The van der Waals surface area contributed by atoms with Gasteiger partial charge in [0.15, 0.2) is 0 Å². The fourth-order valence-corrected chi connectivity index (χ4v) is 2.19. The molecule has 0 saturated carbocycles. The van der Waals surface area contributed by atoms with E-state index in [1.807, 2.05) is 0 Å². The van der Waals surface area contributed by atoms with Crippen LogP contribution in [0.25, 0.3) is 0 Å². The molecule has 1 atom stereocenters. The predicted molar refractivity (Wildman–Crippen MR) is 84.2 cm³/mol. The minimum Gasteiger partial charge on any atom is -0.394 e. The van der Waals surface area contributed by atoms with Gasteiger partial charge in [-0.15, -0.1) is 0 Å². The Hall–Kier alpha value is -0.920. The lowest BCUT2D eigenvalue weighted by atomic mass is 10.2. The van der Waals surface area contributed by atoms with E-state index in [0.717, 1.165) is 19.5 Å². The van der Waals surface area contributed by atoms with Crippen molar-refractivity contribution >= 4 is 21.6 Å². The van der Waals surface area contributed by atoms with Crippen LogP contribution in [-0.2, 0) is 6.54 Å². The summed E-state index contributed by atoms with van der Waals surface area (Å²) in [7, 11) is 2.09. The zero-order valence-corrected chi connectivity index (χ0v) is 13.9. The van der Waals surface area contributed by atoms with Crippen molar-refractivity contribution in [2.75, 3.05) is 32.1 Å². The molecule has 1 aromatic heterocycles. The molecule has 0 amide bonds. The third-order valence-electron chi connectivity index (χ3n) is 3.42. The zero-order valence-electron chi connectivity index (χ0n) is 12.3. The fraction of sp³-hybridized carbons (Fsp3) is 0.692. The van der Waals surface area contributed by atoms with Crippen LogP contribution in [0.1, 0.15) is 20.3 Å². The van der Waals surface area contributed by atoms with E-state index >= 15 is 0 Å². The van der Waals surface area contributed by atoms with Crippen LogP contribution in [0.5, 0.6) is 0 Å². The number of likely N-dealkylation sites (N-methyl/N-ethyl adjacent to an activating group) is 1. The van der Waals surface area contributed by atoms with E-state index in [9.17, 15) is 4.79 Å². The summed E-state index contributed by atoms with van der Waals surface area (Å²) in [4.78, 5) is 14.2. The summed E-state index contributed by atoms with van der Waals surface area (Å²) in [6.45, 7) is 6.08. The molecule has 7 heteroatoms. The number of rotatable bonds is 8. The molecule has 20 heavy (non-hydrogen) atoms.